The number of aliphatic hydroxyl groups is 1. The lowest BCUT2D eigenvalue weighted by Gasteiger charge is -2.21. The van der Waals surface area contributed by atoms with Crippen molar-refractivity contribution in [3.63, 3.8) is 0 Å². The number of benzene rings is 1. The number of fused-ring (bicyclic) bond motifs is 1. The van der Waals surface area contributed by atoms with Gasteiger partial charge < -0.3 is 5.11 Å². The highest BCUT2D eigenvalue weighted by atomic mass is 35.5. The molecule has 0 heterocycles. The number of hydrogen-bond donors (Lipinski definition) is 1. The number of rotatable bonds is 0. The van der Waals surface area contributed by atoms with Gasteiger partial charge in [0.2, 0.25) is 0 Å². The molecule has 0 bridgehead atoms. The summed E-state index contributed by atoms with van der Waals surface area (Å²) in [5.41, 5.74) is 2.16. The monoisotopic (exact) mass is 182 g/mol. The Balaban J connectivity index is 2.52. The van der Waals surface area contributed by atoms with E-state index in [4.69, 9.17) is 11.6 Å². The van der Waals surface area contributed by atoms with Crippen LogP contribution in [0.2, 0.25) is 5.02 Å². The Morgan fingerprint density at radius 3 is 3.00 bits per heavy atom. The molecule has 0 amide bonds. The van der Waals surface area contributed by atoms with Crippen molar-refractivity contribution >= 4 is 11.6 Å². The summed E-state index contributed by atoms with van der Waals surface area (Å²) in [5.74, 6) is 0. The number of halogens is 1. The summed E-state index contributed by atoms with van der Waals surface area (Å²) >= 11 is 6.00. The lowest BCUT2D eigenvalue weighted by Crippen LogP contribution is -2.09. The van der Waals surface area contributed by atoms with E-state index < -0.39 is 0 Å². The highest BCUT2D eigenvalue weighted by Crippen LogP contribution is 2.33. The second-order valence-corrected chi connectivity index (χ2v) is 3.62. The van der Waals surface area contributed by atoms with Crippen molar-refractivity contribution in [2.75, 3.05) is 0 Å². The quantitative estimate of drug-likeness (QED) is 0.654. The molecule has 1 N–H and O–H groups in total. The minimum absolute atomic E-state index is 0.299. The molecule has 64 valence electrons. The third-order valence-electron chi connectivity index (χ3n) is 2.42. The minimum Gasteiger partial charge on any atom is -0.388 e. The van der Waals surface area contributed by atoms with Crippen molar-refractivity contribution in [2.24, 2.45) is 0 Å². The van der Waals surface area contributed by atoms with Crippen molar-refractivity contribution in [3.8, 4) is 0 Å². The van der Waals surface area contributed by atoms with E-state index >= 15 is 0 Å². The largest absolute Gasteiger partial charge is 0.388 e. The molecule has 2 rings (SSSR count). The fraction of sp³-hybridized carbons (Fsp3) is 0.400. The van der Waals surface area contributed by atoms with Gasteiger partial charge in [0.05, 0.1) is 6.10 Å². The van der Waals surface area contributed by atoms with E-state index in [9.17, 15) is 5.11 Å². The zero-order chi connectivity index (χ0) is 8.55. The van der Waals surface area contributed by atoms with Crippen LogP contribution < -0.4 is 0 Å². The summed E-state index contributed by atoms with van der Waals surface area (Å²) in [6.07, 6.45) is 2.62. The Bertz CT molecular complexity index is 296. The predicted molar refractivity (Wildman–Crippen MR) is 49.3 cm³/mol. The van der Waals surface area contributed by atoms with Gasteiger partial charge in [-0.2, -0.15) is 0 Å². The molecule has 1 atom stereocenters. The standard InChI is InChI=1S/C10H11ClO/c11-9-5-1-4-8-7(9)3-2-6-10(8)12/h1,4-5,10,12H,2-3,6H2/t10-/m0/s1. The van der Waals surface area contributed by atoms with Crippen molar-refractivity contribution in [1.29, 1.82) is 0 Å². The van der Waals surface area contributed by atoms with Gasteiger partial charge in [-0.15, -0.1) is 0 Å². The average molecular weight is 183 g/mol. The van der Waals surface area contributed by atoms with Gasteiger partial charge in [-0.3, -0.25) is 0 Å². The highest BCUT2D eigenvalue weighted by Gasteiger charge is 2.18. The molecule has 1 nitrogen and oxygen atoms in total. The maximum atomic E-state index is 9.63. The molecule has 0 aliphatic heterocycles. The topological polar surface area (TPSA) is 20.2 Å². The Labute approximate surface area is 77.0 Å². The Hall–Kier alpha value is -0.530. The first kappa shape index (κ1) is 8.09. The molecule has 0 aromatic heterocycles. The van der Waals surface area contributed by atoms with Crippen LogP contribution in [0.5, 0.6) is 0 Å². The second-order valence-electron chi connectivity index (χ2n) is 3.22. The summed E-state index contributed by atoms with van der Waals surface area (Å²) in [6, 6.07) is 5.75. The lowest BCUT2D eigenvalue weighted by atomic mass is 9.89. The zero-order valence-corrected chi connectivity index (χ0v) is 7.51. The van der Waals surface area contributed by atoms with E-state index in [1.165, 1.54) is 0 Å². The molecule has 0 spiro atoms. The van der Waals surface area contributed by atoms with Crippen LogP contribution in [0.4, 0.5) is 0 Å². The van der Waals surface area contributed by atoms with Gasteiger partial charge in [-0.25, -0.2) is 0 Å². The van der Waals surface area contributed by atoms with Crippen molar-refractivity contribution < 1.29 is 5.11 Å². The van der Waals surface area contributed by atoms with Crippen molar-refractivity contribution in [2.45, 2.75) is 25.4 Å². The molecule has 1 aliphatic rings. The molecule has 0 radical (unpaired) electrons. The molecule has 12 heavy (non-hydrogen) atoms. The Kier molecular flexibility index (Phi) is 2.07. The third-order valence-corrected chi connectivity index (χ3v) is 2.77. The van der Waals surface area contributed by atoms with Crippen LogP contribution >= 0.6 is 11.6 Å². The van der Waals surface area contributed by atoms with Crippen LogP contribution in [0, 0.1) is 0 Å². The van der Waals surface area contributed by atoms with Crippen LogP contribution in [-0.2, 0) is 6.42 Å². The van der Waals surface area contributed by atoms with E-state index in [0.717, 1.165) is 35.4 Å². The summed E-state index contributed by atoms with van der Waals surface area (Å²) in [5, 5.41) is 10.4. The fourth-order valence-corrected chi connectivity index (χ4v) is 2.06. The number of hydrogen-bond acceptors (Lipinski definition) is 1. The van der Waals surface area contributed by atoms with E-state index in [2.05, 4.69) is 0 Å². The maximum Gasteiger partial charge on any atom is 0.0793 e. The summed E-state index contributed by atoms with van der Waals surface area (Å²) in [4.78, 5) is 0. The predicted octanol–water partition coefficient (Wildman–Crippen LogP) is 2.71. The zero-order valence-electron chi connectivity index (χ0n) is 6.76. The first-order valence-corrected chi connectivity index (χ1v) is 4.62. The second kappa shape index (κ2) is 3.08. The van der Waals surface area contributed by atoms with Gasteiger partial charge in [0, 0.05) is 5.02 Å². The van der Waals surface area contributed by atoms with E-state index in [1.807, 2.05) is 18.2 Å². The summed E-state index contributed by atoms with van der Waals surface area (Å²) in [6.45, 7) is 0. The maximum absolute atomic E-state index is 9.63. The van der Waals surface area contributed by atoms with Gasteiger partial charge in [-0.1, -0.05) is 23.7 Å². The first-order chi connectivity index (χ1) is 5.79. The van der Waals surface area contributed by atoms with Gasteiger partial charge in [0.1, 0.15) is 0 Å². The molecule has 1 aromatic rings. The van der Waals surface area contributed by atoms with Crippen molar-refractivity contribution in [3.05, 3.63) is 34.3 Å². The van der Waals surface area contributed by atoms with Crippen LogP contribution in [0.3, 0.4) is 0 Å². The molecule has 1 aliphatic carbocycles. The van der Waals surface area contributed by atoms with Crippen LogP contribution in [0.1, 0.15) is 30.1 Å². The third kappa shape index (κ3) is 1.23. The van der Waals surface area contributed by atoms with Gasteiger partial charge in [-0.05, 0) is 36.5 Å². The smallest absolute Gasteiger partial charge is 0.0793 e. The highest BCUT2D eigenvalue weighted by molar-refractivity contribution is 6.31. The molecule has 0 fully saturated rings. The minimum atomic E-state index is -0.299. The average Bonchev–Trinajstić information content (AvgIpc) is 2.07. The molecule has 0 saturated heterocycles. The molecule has 1 aromatic carbocycles. The SMILES string of the molecule is O[C@H]1CCCc2c(Cl)cccc21. The van der Waals surface area contributed by atoms with Crippen LogP contribution in [0.15, 0.2) is 18.2 Å². The molecule has 0 saturated carbocycles. The van der Waals surface area contributed by atoms with Gasteiger partial charge in [0.15, 0.2) is 0 Å². The molecular weight excluding hydrogens is 172 g/mol. The number of aliphatic hydroxyl groups excluding tert-OH is 1. The summed E-state index contributed by atoms with van der Waals surface area (Å²) < 4.78 is 0. The first-order valence-electron chi connectivity index (χ1n) is 4.24. The van der Waals surface area contributed by atoms with E-state index in [-0.39, 0.29) is 6.10 Å². The van der Waals surface area contributed by atoms with Gasteiger partial charge >= 0.3 is 0 Å². The van der Waals surface area contributed by atoms with Gasteiger partial charge in [0.25, 0.3) is 0 Å². The molecular formula is C10H11ClO. The van der Waals surface area contributed by atoms with Crippen LogP contribution in [0.25, 0.3) is 0 Å². The van der Waals surface area contributed by atoms with E-state index in [1.54, 1.807) is 0 Å². The lowest BCUT2D eigenvalue weighted by molar-refractivity contribution is 0.156. The Morgan fingerprint density at radius 1 is 1.42 bits per heavy atom. The molecule has 0 unspecified atom stereocenters. The Morgan fingerprint density at radius 2 is 2.25 bits per heavy atom. The fourth-order valence-electron chi connectivity index (χ4n) is 1.78. The summed E-state index contributed by atoms with van der Waals surface area (Å²) in [7, 11) is 0. The molecule has 2 heteroatoms. The van der Waals surface area contributed by atoms with Crippen LogP contribution in [-0.4, -0.2) is 5.11 Å². The van der Waals surface area contributed by atoms with Crippen molar-refractivity contribution in [1.82, 2.24) is 0 Å². The van der Waals surface area contributed by atoms with E-state index in [0.29, 0.717) is 0 Å². The normalized spacial score (nSPS) is 22.0.